The molecule has 0 bridgehead atoms. The number of halogens is 4. The monoisotopic (exact) mass is 334 g/mol. The van der Waals surface area contributed by atoms with Crippen molar-refractivity contribution in [3.8, 4) is 11.6 Å². The maximum atomic E-state index is 13.5. The third-order valence-electron chi connectivity index (χ3n) is 1.99. The largest absolute Gasteiger partial charge is 0.434 e. The summed E-state index contributed by atoms with van der Waals surface area (Å²) in [5.41, 5.74) is 5.80. The summed E-state index contributed by atoms with van der Waals surface area (Å²) in [6, 6.07) is 3.66. The minimum atomic E-state index is -1.12. The van der Waals surface area contributed by atoms with Gasteiger partial charge < -0.3 is 10.5 Å². The quantitative estimate of drug-likeness (QED) is 0.839. The molecule has 1 aromatic carbocycles. The summed E-state index contributed by atoms with van der Waals surface area (Å²) in [4.78, 5) is 3.79. The number of nitrogens with zero attached hydrogens (tertiary/aromatic N) is 1. The van der Waals surface area contributed by atoms with Crippen LogP contribution in [0.1, 0.15) is 0 Å². The number of pyridine rings is 1. The van der Waals surface area contributed by atoms with Crippen molar-refractivity contribution in [2.75, 3.05) is 5.73 Å². The van der Waals surface area contributed by atoms with Crippen LogP contribution >= 0.6 is 27.5 Å². The minimum Gasteiger partial charge on any atom is -0.434 e. The van der Waals surface area contributed by atoms with Crippen LogP contribution in [0.3, 0.4) is 0 Å². The first-order valence-electron chi connectivity index (χ1n) is 4.71. The van der Waals surface area contributed by atoms with E-state index in [1.54, 1.807) is 0 Å². The Morgan fingerprint density at radius 1 is 1.28 bits per heavy atom. The molecule has 7 heteroatoms. The van der Waals surface area contributed by atoms with Crippen LogP contribution < -0.4 is 10.5 Å². The maximum absolute atomic E-state index is 13.5. The molecule has 2 aromatic rings. The zero-order chi connectivity index (χ0) is 13.3. The topological polar surface area (TPSA) is 48.1 Å². The molecular weight excluding hydrogens is 329 g/mol. The highest BCUT2D eigenvalue weighted by molar-refractivity contribution is 9.10. The van der Waals surface area contributed by atoms with Crippen molar-refractivity contribution in [3.63, 3.8) is 0 Å². The van der Waals surface area contributed by atoms with Crippen LogP contribution in [0, 0.1) is 11.6 Å². The number of hydrogen-bond donors (Lipinski definition) is 1. The molecule has 0 spiro atoms. The van der Waals surface area contributed by atoms with Crippen molar-refractivity contribution < 1.29 is 13.5 Å². The molecule has 18 heavy (non-hydrogen) atoms. The fraction of sp³-hybridized carbons (Fsp3) is 0. The number of benzene rings is 1. The van der Waals surface area contributed by atoms with E-state index in [1.807, 2.05) is 0 Å². The van der Waals surface area contributed by atoms with E-state index in [4.69, 9.17) is 22.1 Å². The number of hydrogen-bond acceptors (Lipinski definition) is 3. The first-order chi connectivity index (χ1) is 8.47. The van der Waals surface area contributed by atoms with Gasteiger partial charge in [-0.2, -0.15) is 4.39 Å². The molecule has 0 amide bonds. The van der Waals surface area contributed by atoms with Crippen molar-refractivity contribution >= 4 is 33.2 Å². The van der Waals surface area contributed by atoms with Gasteiger partial charge in [-0.15, -0.1) is 0 Å². The van der Waals surface area contributed by atoms with Crippen molar-refractivity contribution in [1.82, 2.24) is 4.98 Å². The van der Waals surface area contributed by atoms with Crippen LogP contribution in [0.2, 0.25) is 5.02 Å². The summed E-state index contributed by atoms with van der Waals surface area (Å²) in [5.74, 6) is -2.53. The molecule has 0 fully saturated rings. The summed E-state index contributed by atoms with van der Waals surface area (Å²) in [6.45, 7) is 0. The van der Waals surface area contributed by atoms with Crippen LogP contribution in [-0.2, 0) is 0 Å². The van der Waals surface area contributed by atoms with Crippen molar-refractivity contribution in [3.05, 3.63) is 45.5 Å². The lowest BCUT2D eigenvalue weighted by Gasteiger charge is -2.08. The first kappa shape index (κ1) is 13.0. The molecule has 0 aliphatic heterocycles. The molecule has 0 saturated heterocycles. The molecule has 94 valence electrons. The summed E-state index contributed by atoms with van der Waals surface area (Å²) in [7, 11) is 0. The van der Waals surface area contributed by atoms with Gasteiger partial charge in [-0.25, -0.2) is 9.37 Å². The lowest BCUT2D eigenvalue weighted by molar-refractivity contribution is 0.405. The molecule has 2 N–H and O–H groups in total. The van der Waals surface area contributed by atoms with E-state index < -0.39 is 11.6 Å². The Kier molecular flexibility index (Phi) is 3.68. The fourth-order valence-electron chi connectivity index (χ4n) is 1.23. The second kappa shape index (κ2) is 5.07. The maximum Gasteiger partial charge on any atom is 0.238 e. The summed E-state index contributed by atoms with van der Waals surface area (Å²) < 4.78 is 32.1. The SMILES string of the molecule is Nc1cnc(Oc2cc(Br)cc(F)c2F)c(Cl)c1. The third-order valence-corrected chi connectivity index (χ3v) is 2.72. The Balaban J connectivity index is 2.40. The number of nitrogens with two attached hydrogens (primary N) is 1. The van der Waals surface area contributed by atoms with Crippen LogP contribution in [0.4, 0.5) is 14.5 Å². The van der Waals surface area contributed by atoms with Gasteiger partial charge in [-0.3, -0.25) is 0 Å². The van der Waals surface area contributed by atoms with E-state index >= 15 is 0 Å². The first-order valence-corrected chi connectivity index (χ1v) is 5.88. The van der Waals surface area contributed by atoms with Gasteiger partial charge in [0.2, 0.25) is 11.7 Å². The van der Waals surface area contributed by atoms with Crippen LogP contribution in [0.25, 0.3) is 0 Å². The lowest BCUT2D eigenvalue weighted by Crippen LogP contribution is -1.96. The molecule has 1 heterocycles. The lowest BCUT2D eigenvalue weighted by atomic mass is 10.3. The van der Waals surface area contributed by atoms with E-state index in [9.17, 15) is 8.78 Å². The van der Waals surface area contributed by atoms with Crippen molar-refractivity contribution in [2.45, 2.75) is 0 Å². The summed E-state index contributed by atoms with van der Waals surface area (Å²) in [5, 5.41) is 0.106. The smallest absolute Gasteiger partial charge is 0.238 e. The standard InChI is InChI=1S/C11H6BrClF2N2O/c12-5-1-8(14)10(15)9(2-5)18-11-7(13)3-6(16)4-17-11/h1-4H,16H2. The minimum absolute atomic E-state index is 0.0535. The normalized spacial score (nSPS) is 10.4. The predicted octanol–water partition coefficient (Wildman–Crippen LogP) is 4.15. The fourth-order valence-corrected chi connectivity index (χ4v) is 1.85. The van der Waals surface area contributed by atoms with Gasteiger partial charge in [0.05, 0.1) is 11.9 Å². The molecule has 2 rings (SSSR count). The van der Waals surface area contributed by atoms with Gasteiger partial charge in [-0.1, -0.05) is 27.5 Å². The van der Waals surface area contributed by atoms with Crippen LogP contribution in [-0.4, -0.2) is 4.98 Å². The zero-order valence-electron chi connectivity index (χ0n) is 8.75. The molecule has 1 aromatic heterocycles. The van der Waals surface area contributed by atoms with E-state index in [0.29, 0.717) is 10.2 Å². The average Bonchev–Trinajstić information content (AvgIpc) is 2.29. The van der Waals surface area contributed by atoms with E-state index in [-0.39, 0.29) is 16.7 Å². The van der Waals surface area contributed by atoms with Gasteiger partial charge in [-0.05, 0) is 18.2 Å². The number of rotatable bonds is 2. The highest BCUT2D eigenvalue weighted by Crippen LogP contribution is 2.32. The highest BCUT2D eigenvalue weighted by Gasteiger charge is 2.14. The highest BCUT2D eigenvalue weighted by atomic mass is 79.9. The van der Waals surface area contributed by atoms with Crippen LogP contribution in [0.5, 0.6) is 11.6 Å². The molecule has 0 unspecified atom stereocenters. The van der Waals surface area contributed by atoms with Gasteiger partial charge in [0.1, 0.15) is 5.02 Å². The van der Waals surface area contributed by atoms with E-state index in [2.05, 4.69) is 20.9 Å². The number of nitrogen functional groups attached to an aromatic ring is 1. The summed E-state index contributed by atoms with van der Waals surface area (Å²) in [6.07, 6.45) is 1.30. The molecule has 0 aliphatic rings. The molecule has 0 radical (unpaired) electrons. The Morgan fingerprint density at radius 3 is 2.67 bits per heavy atom. The Labute approximate surface area is 115 Å². The summed E-state index contributed by atoms with van der Waals surface area (Å²) >= 11 is 8.85. The molecule has 0 saturated carbocycles. The molecule has 0 atom stereocenters. The number of aromatic nitrogens is 1. The average molecular weight is 336 g/mol. The van der Waals surface area contributed by atoms with E-state index in [1.165, 1.54) is 18.3 Å². The number of ether oxygens (including phenoxy) is 1. The van der Waals surface area contributed by atoms with Crippen molar-refractivity contribution in [1.29, 1.82) is 0 Å². The molecule has 3 nitrogen and oxygen atoms in total. The van der Waals surface area contributed by atoms with Gasteiger partial charge in [0.15, 0.2) is 11.6 Å². The number of anilines is 1. The van der Waals surface area contributed by atoms with E-state index in [0.717, 1.165) is 6.07 Å². The molecular formula is C11H6BrClF2N2O. The third kappa shape index (κ3) is 2.70. The zero-order valence-corrected chi connectivity index (χ0v) is 11.1. The second-order valence-corrected chi connectivity index (χ2v) is 4.68. The predicted molar refractivity (Wildman–Crippen MR) is 67.8 cm³/mol. The van der Waals surface area contributed by atoms with Gasteiger partial charge >= 0.3 is 0 Å². The Bertz CT molecular complexity index is 610. The van der Waals surface area contributed by atoms with Gasteiger partial charge in [0, 0.05) is 4.47 Å². The van der Waals surface area contributed by atoms with Gasteiger partial charge in [0.25, 0.3) is 0 Å². The van der Waals surface area contributed by atoms with Crippen molar-refractivity contribution in [2.24, 2.45) is 0 Å². The second-order valence-electron chi connectivity index (χ2n) is 3.36. The Hall–Kier alpha value is -1.40. The van der Waals surface area contributed by atoms with Crippen LogP contribution in [0.15, 0.2) is 28.9 Å². The Morgan fingerprint density at radius 2 is 2.00 bits per heavy atom. The molecule has 0 aliphatic carbocycles.